The maximum Gasteiger partial charge on any atom is 0.417 e. The quantitative estimate of drug-likeness (QED) is 0.898. The highest BCUT2D eigenvalue weighted by molar-refractivity contribution is 7.89. The Morgan fingerprint density at radius 2 is 1.84 bits per heavy atom. The van der Waals surface area contributed by atoms with Gasteiger partial charge in [0.05, 0.1) is 10.5 Å². The summed E-state index contributed by atoms with van der Waals surface area (Å²) < 4.78 is 66.5. The molecule has 1 fully saturated rings. The molecule has 1 atom stereocenters. The first-order chi connectivity index (χ1) is 11.8. The van der Waals surface area contributed by atoms with Gasteiger partial charge in [-0.2, -0.15) is 13.2 Å². The van der Waals surface area contributed by atoms with Crippen molar-refractivity contribution in [2.45, 2.75) is 23.5 Å². The maximum absolute atomic E-state index is 13.1. The van der Waals surface area contributed by atoms with Crippen LogP contribution in [0.25, 0.3) is 0 Å². The van der Waals surface area contributed by atoms with Crippen molar-refractivity contribution in [3.05, 3.63) is 54.2 Å². The molecule has 1 aromatic carbocycles. The molecule has 3 rings (SSSR count). The molecular formula is C16H16F3N3O2S. The topological polar surface area (TPSA) is 62.3 Å². The van der Waals surface area contributed by atoms with Crippen molar-refractivity contribution in [2.75, 3.05) is 18.0 Å². The van der Waals surface area contributed by atoms with Crippen molar-refractivity contribution in [3.63, 3.8) is 0 Å². The lowest BCUT2D eigenvalue weighted by Gasteiger charge is -2.19. The molecule has 0 spiro atoms. The lowest BCUT2D eigenvalue weighted by atomic mass is 10.2. The summed E-state index contributed by atoms with van der Waals surface area (Å²) in [6.07, 6.45) is -2.61. The lowest BCUT2D eigenvalue weighted by Crippen LogP contribution is -2.38. The van der Waals surface area contributed by atoms with Crippen LogP contribution >= 0.6 is 0 Å². The normalized spacial score (nSPS) is 18.5. The van der Waals surface area contributed by atoms with Crippen molar-refractivity contribution in [2.24, 2.45) is 0 Å². The van der Waals surface area contributed by atoms with Gasteiger partial charge in [-0.3, -0.25) is 0 Å². The van der Waals surface area contributed by atoms with Gasteiger partial charge < -0.3 is 4.90 Å². The molecule has 134 valence electrons. The molecule has 1 aliphatic rings. The highest BCUT2D eigenvalue weighted by Crippen LogP contribution is 2.34. The maximum atomic E-state index is 13.1. The van der Waals surface area contributed by atoms with Crippen LogP contribution in [0.5, 0.6) is 0 Å². The number of nitrogens with one attached hydrogen (secondary N) is 1. The van der Waals surface area contributed by atoms with Crippen LogP contribution in [0.4, 0.5) is 19.0 Å². The molecule has 2 aromatic rings. The van der Waals surface area contributed by atoms with Crippen LogP contribution in [-0.2, 0) is 16.2 Å². The minimum atomic E-state index is -4.74. The van der Waals surface area contributed by atoms with E-state index in [0.29, 0.717) is 25.3 Å². The molecule has 5 nitrogen and oxygen atoms in total. The SMILES string of the molecule is O=S(=O)(N[C@@H]1CCN(c2ccccn2)C1)c1ccccc1C(F)(F)F. The molecule has 1 N–H and O–H groups in total. The predicted octanol–water partition coefficient (Wildman–Crippen LogP) is 2.66. The van der Waals surface area contributed by atoms with E-state index in [-0.39, 0.29) is 0 Å². The Hall–Kier alpha value is -2.13. The van der Waals surface area contributed by atoms with Crippen LogP contribution in [0.1, 0.15) is 12.0 Å². The second-order valence-corrected chi connectivity index (χ2v) is 7.42. The third-order valence-corrected chi connectivity index (χ3v) is 5.54. The van der Waals surface area contributed by atoms with Crippen molar-refractivity contribution in [3.8, 4) is 0 Å². The van der Waals surface area contributed by atoms with E-state index in [1.807, 2.05) is 11.0 Å². The standard InChI is InChI=1S/C16H16F3N3O2S/c17-16(18,19)13-5-1-2-6-14(13)25(23,24)21-12-8-10-22(11-12)15-7-3-4-9-20-15/h1-7,9,12,21H,8,10-11H2/t12-/m1/s1. The van der Waals surface area contributed by atoms with Gasteiger partial charge in [-0.1, -0.05) is 18.2 Å². The first-order valence-electron chi connectivity index (χ1n) is 7.62. The van der Waals surface area contributed by atoms with Gasteiger partial charge in [0.1, 0.15) is 5.82 Å². The summed E-state index contributed by atoms with van der Waals surface area (Å²) in [5, 5.41) is 0. The Kier molecular flexibility index (Phi) is 4.70. The number of hydrogen-bond donors (Lipinski definition) is 1. The Balaban J connectivity index is 1.78. The molecule has 25 heavy (non-hydrogen) atoms. The fourth-order valence-corrected chi connectivity index (χ4v) is 4.31. The molecule has 1 saturated heterocycles. The van der Waals surface area contributed by atoms with E-state index in [0.717, 1.165) is 12.1 Å². The van der Waals surface area contributed by atoms with Crippen molar-refractivity contribution in [1.29, 1.82) is 0 Å². The first kappa shape index (κ1) is 17.7. The number of sulfonamides is 1. The van der Waals surface area contributed by atoms with E-state index in [4.69, 9.17) is 0 Å². The molecule has 0 unspecified atom stereocenters. The van der Waals surface area contributed by atoms with Crippen LogP contribution in [0.3, 0.4) is 0 Å². The number of pyridine rings is 1. The van der Waals surface area contributed by atoms with E-state index >= 15 is 0 Å². The van der Waals surface area contributed by atoms with Crippen LogP contribution in [-0.4, -0.2) is 32.5 Å². The van der Waals surface area contributed by atoms with Crippen LogP contribution in [0.15, 0.2) is 53.6 Å². The molecule has 0 radical (unpaired) electrons. The third kappa shape index (κ3) is 3.93. The van der Waals surface area contributed by atoms with E-state index in [2.05, 4.69) is 9.71 Å². The summed E-state index contributed by atoms with van der Waals surface area (Å²) in [5.41, 5.74) is -1.16. The highest BCUT2D eigenvalue weighted by atomic mass is 32.2. The van der Waals surface area contributed by atoms with E-state index in [9.17, 15) is 21.6 Å². The largest absolute Gasteiger partial charge is 0.417 e. The number of benzene rings is 1. The number of nitrogens with zero attached hydrogens (tertiary/aromatic N) is 2. The van der Waals surface area contributed by atoms with Crippen LogP contribution < -0.4 is 9.62 Å². The van der Waals surface area contributed by atoms with Gasteiger partial charge >= 0.3 is 6.18 Å². The van der Waals surface area contributed by atoms with Gasteiger partial charge in [0, 0.05) is 25.3 Å². The zero-order chi connectivity index (χ0) is 18.1. The number of hydrogen-bond acceptors (Lipinski definition) is 4. The molecule has 0 saturated carbocycles. The summed E-state index contributed by atoms with van der Waals surface area (Å²) in [5.74, 6) is 0.708. The summed E-state index contributed by atoms with van der Waals surface area (Å²) >= 11 is 0. The number of anilines is 1. The molecule has 1 aliphatic heterocycles. The molecule has 0 aliphatic carbocycles. The molecule has 1 aromatic heterocycles. The number of halogens is 3. The summed E-state index contributed by atoms with van der Waals surface area (Å²) in [6, 6.07) is 9.09. The zero-order valence-corrected chi connectivity index (χ0v) is 13.9. The van der Waals surface area contributed by atoms with Gasteiger partial charge in [0.25, 0.3) is 0 Å². The third-order valence-electron chi connectivity index (χ3n) is 3.97. The number of aromatic nitrogens is 1. The molecule has 0 bridgehead atoms. The highest BCUT2D eigenvalue weighted by Gasteiger charge is 2.38. The smallest absolute Gasteiger partial charge is 0.355 e. The lowest BCUT2D eigenvalue weighted by molar-refractivity contribution is -0.139. The van der Waals surface area contributed by atoms with Crippen molar-refractivity contribution >= 4 is 15.8 Å². The minimum Gasteiger partial charge on any atom is -0.355 e. The second-order valence-electron chi connectivity index (χ2n) is 5.73. The van der Waals surface area contributed by atoms with E-state index in [1.54, 1.807) is 18.3 Å². The Morgan fingerprint density at radius 1 is 1.12 bits per heavy atom. The Labute approximate surface area is 143 Å². The molecule has 9 heteroatoms. The summed E-state index contributed by atoms with van der Waals surface area (Å²) in [4.78, 5) is 5.34. The average Bonchev–Trinajstić information content (AvgIpc) is 3.03. The van der Waals surface area contributed by atoms with Gasteiger partial charge in [0.15, 0.2) is 0 Å². The number of alkyl halides is 3. The molecular weight excluding hydrogens is 355 g/mol. The first-order valence-corrected chi connectivity index (χ1v) is 9.10. The van der Waals surface area contributed by atoms with Gasteiger partial charge in [-0.05, 0) is 30.7 Å². The Bertz CT molecular complexity index is 841. The fourth-order valence-electron chi connectivity index (χ4n) is 2.82. The minimum absolute atomic E-state index is 0.352. The van der Waals surface area contributed by atoms with Gasteiger partial charge in [-0.15, -0.1) is 0 Å². The fraction of sp³-hybridized carbons (Fsp3) is 0.312. The van der Waals surface area contributed by atoms with E-state index in [1.165, 1.54) is 12.1 Å². The summed E-state index contributed by atoms with van der Waals surface area (Å²) in [6.45, 7) is 0.926. The molecule has 2 heterocycles. The van der Waals surface area contributed by atoms with Crippen molar-refractivity contribution in [1.82, 2.24) is 9.71 Å². The van der Waals surface area contributed by atoms with Crippen LogP contribution in [0, 0.1) is 0 Å². The van der Waals surface area contributed by atoms with Gasteiger partial charge in [-0.25, -0.2) is 18.1 Å². The van der Waals surface area contributed by atoms with E-state index < -0.39 is 32.7 Å². The Morgan fingerprint density at radius 3 is 2.52 bits per heavy atom. The van der Waals surface area contributed by atoms with Crippen molar-refractivity contribution < 1.29 is 21.6 Å². The summed E-state index contributed by atoms with van der Waals surface area (Å²) in [7, 11) is -4.28. The monoisotopic (exact) mass is 371 g/mol. The van der Waals surface area contributed by atoms with Crippen LogP contribution in [0.2, 0.25) is 0 Å². The number of rotatable bonds is 4. The predicted molar refractivity (Wildman–Crippen MR) is 86.6 cm³/mol. The second kappa shape index (κ2) is 6.64. The average molecular weight is 371 g/mol. The zero-order valence-electron chi connectivity index (χ0n) is 13.1. The van der Waals surface area contributed by atoms with Gasteiger partial charge in [0.2, 0.25) is 10.0 Å². The molecule has 0 amide bonds.